The van der Waals surface area contributed by atoms with Crippen LogP contribution >= 0.6 is 0 Å². The molecule has 0 heterocycles. The maximum Gasteiger partial charge on any atom is 0.296 e. The quantitative estimate of drug-likeness (QED) is 0.646. The molecule has 0 aromatic heterocycles. The van der Waals surface area contributed by atoms with Gasteiger partial charge in [0.2, 0.25) is 0 Å². The van der Waals surface area contributed by atoms with Crippen molar-refractivity contribution in [3.8, 4) is 5.75 Å². The van der Waals surface area contributed by atoms with Crippen LogP contribution in [-0.2, 0) is 14.3 Å². The Bertz CT molecular complexity index is 994. The van der Waals surface area contributed by atoms with Gasteiger partial charge in [0.1, 0.15) is 5.75 Å². The first-order chi connectivity index (χ1) is 13.4. The molecule has 1 saturated carbocycles. The van der Waals surface area contributed by atoms with Crippen molar-refractivity contribution in [3.63, 3.8) is 0 Å². The average Bonchev–Trinajstić information content (AvgIpc) is 2.61. The molecule has 0 radical (unpaired) electrons. The number of aromatic hydroxyl groups is 1. The zero-order chi connectivity index (χ0) is 21.4. The molecule has 2 aromatic rings. The molecule has 1 aliphatic carbocycles. The van der Waals surface area contributed by atoms with Crippen molar-refractivity contribution >= 4 is 15.7 Å². The average molecular weight is 415 g/mol. The minimum absolute atomic E-state index is 0.142. The van der Waals surface area contributed by atoms with Crippen LogP contribution in [0.15, 0.2) is 59.0 Å². The Morgan fingerprint density at radius 3 is 1.76 bits per heavy atom. The van der Waals surface area contributed by atoms with Gasteiger partial charge in [0.05, 0.1) is 12.0 Å². The van der Waals surface area contributed by atoms with Crippen LogP contribution in [-0.4, -0.2) is 20.6 Å². The lowest BCUT2D eigenvalue weighted by Crippen LogP contribution is -2.30. The molecular weight excluding hydrogens is 384 g/mol. The molecule has 1 N–H and O–H groups in total. The number of hydrogen-bond acceptors (Lipinski definition) is 4. The van der Waals surface area contributed by atoms with Gasteiger partial charge in [-0.15, -0.1) is 0 Å². The standard InChI is InChI=1S/C24H30O4S/c1-23(2)14-19(15-24(3,4)16-23)22(17-6-10-20(25)11-7-17)18-8-12-21(13-9-18)29(26,27)28-5/h6-13,25H,14-16H2,1-5H3. The predicted molar refractivity (Wildman–Crippen MR) is 116 cm³/mol. The van der Waals surface area contributed by atoms with Crippen molar-refractivity contribution in [3.05, 3.63) is 65.2 Å². The highest BCUT2D eigenvalue weighted by atomic mass is 32.2. The van der Waals surface area contributed by atoms with Crippen LogP contribution in [0.5, 0.6) is 5.75 Å². The molecular formula is C24H30O4S. The van der Waals surface area contributed by atoms with E-state index in [9.17, 15) is 13.5 Å². The van der Waals surface area contributed by atoms with Gasteiger partial charge in [0, 0.05) is 0 Å². The van der Waals surface area contributed by atoms with Crippen LogP contribution in [0.4, 0.5) is 0 Å². The van der Waals surface area contributed by atoms with Crippen LogP contribution in [0.2, 0.25) is 0 Å². The normalized spacial score (nSPS) is 18.4. The second-order valence-electron chi connectivity index (χ2n) is 9.53. The lowest BCUT2D eigenvalue weighted by atomic mass is 9.62. The molecule has 3 rings (SSSR count). The van der Waals surface area contributed by atoms with Gasteiger partial charge in [-0.05, 0) is 71.1 Å². The Hall–Kier alpha value is -2.11. The second kappa shape index (κ2) is 7.62. The van der Waals surface area contributed by atoms with Gasteiger partial charge >= 0.3 is 0 Å². The number of phenols is 1. The predicted octanol–water partition coefficient (Wildman–Crippen LogP) is 5.77. The third-order valence-corrected chi connectivity index (χ3v) is 6.79. The summed E-state index contributed by atoms with van der Waals surface area (Å²) in [6.45, 7) is 9.21. The van der Waals surface area contributed by atoms with Gasteiger partial charge in [-0.2, -0.15) is 8.42 Å². The van der Waals surface area contributed by atoms with Gasteiger partial charge in [0.25, 0.3) is 10.1 Å². The van der Waals surface area contributed by atoms with Crippen molar-refractivity contribution in [1.82, 2.24) is 0 Å². The summed E-state index contributed by atoms with van der Waals surface area (Å²) in [7, 11) is -2.56. The number of benzene rings is 2. The molecule has 0 atom stereocenters. The van der Waals surface area contributed by atoms with E-state index < -0.39 is 10.1 Å². The minimum atomic E-state index is -3.72. The van der Waals surface area contributed by atoms with Crippen molar-refractivity contribution in [2.45, 2.75) is 51.9 Å². The first-order valence-electron chi connectivity index (χ1n) is 9.85. The largest absolute Gasteiger partial charge is 0.508 e. The van der Waals surface area contributed by atoms with E-state index in [1.165, 1.54) is 12.7 Å². The molecule has 0 spiro atoms. The lowest BCUT2D eigenvalue weighted by Gasteiger charge is -2.43. The fraction of sp³-hybridized carbons (Fsp3) is 0.417. The van der Waals surface area contributed by atoms with Crippen molar-refractivity contribution in [2.75, 3.05) is 7.11 Å². The Morgan fingerprint density at radius 2 is 1.31 bits per heavy atom. The summed E-state index contributed by atoms with van der Waals surface area (Å²) in [5.41, 5.74) is 4.83. The van der Waals surface area contributed by atoms with Crippen molar-refractivity contribution in [1.29, 1.82) is 0 Å². The zero-order valence-electron chi connectivity index (χ0n) is 17.8. The minimum Gasteiger partial charge on any atom is -0.508 e. The molecule has 0 bridgehead atoms. The Kier molecular flexibility index (Phi) is 5.67. The first-order valence-corrected chi connectivity index (χ1v) is 11.3. The Balaban J connectivity index is 2.18. The summed E-state index contributed by atoms with van der Waals surface area (Å²) in [6, 6.07) is 14.1. The van der Waals surface area contributed by atoms with E-state index in [1.807, 2.05) is 24.3 Å². The summed E-state index contributed by atoms with van der Waals surface area (Å²) in [4.78, 5) is 0.142. The van der Waals surface area contributed by atoms with Gasteiger partial charge in [0.15, 0.2) is 0 Å². The molecule has 0 saturated heterocycles. The smallest absolute Gasteiger partial charge is 0.296 e. The van der Waals surface area contributed by atoms with E-state index in [0.29, 0.717) is 0 Å². The fourth-order valence-electron chi connectivity index (χ4n) is 4.90. The van der Waals surface area contributed by atoms with Crippen LogP contribution in [0.3, 0.4) is 0 Å². The maximum atomic E-state index is 12.0. The lowest BCUT2D eigenvalue weighted by molar-refractivity contribution is 0.154. The molecule has 0 aliphatic heterocycles. The van der Waals surface area contributed by atoms with E-state index in [-0.39, 0.29) is 21.5 Å². The molecule has 29 heavy (non-hydrogen) atoms. The van der Waals surface area contributed by atoms with E-state index in [1.54, 1.807) is 24.3 Å². The number of rotatable bonds is 4. The van der Waals surface area contributed by atoms with Crippen LogP contribution < -0.4 is 0 Å². The van der Waals surface area contributed by atoms with Crippen LogP contribution in [0.1, 0.15) is 58.1 Å². The third-order valence-electron chi connectivity index (χ3n) is 5.50. The zero-order valence-corrected chi connectivity index (χ0v) is 18.6. The highest BCUT2D eigenvalue weighted by molar-refractivity contribution is 7.86. The molecule has 2 aromatic carbocycles. The summed E-state index contributed by atoms with van der Waals surface area (Å²) in [5, 5.41) is 9.74. The van der Waals surface area contributed by atoms with Crippen molar-refractivity contribution < 1.29 is 17.7 Å². The molecule has 1 aliphatic rings. The number of hydrogen-bond donors (Lipinski definition) is 1. The molecule has 156 valence electrons. The van der Waals surface area contributed by atoms with Crippen LogP contribution in [0.25, 0.3) is 5.57 Å². The van der Waals surface area contributed by atoms with E-state index in [2.05, 4.69) is 31.9 Å². The van der Waals surface area contributed by atoms with Gasteiger partial charge in [-0.1, -0.05) is 57.5 Å². The van der Waals surface area contributed by atoms with E-state index in [0.717, 1.165) is 36.0 Å². The molecule has 4 nitrogen and oxygen atoms in total. The molecule has 5 heteroatoms. The molecule has 0 unspecified atom stereocenters. The summed E-state index contributed by atoms with van der Waals surface area (Å²) in [6.07, 6.45) is 3.10. The highest BCUT2D eigenvalue weighted by Crippen LogP contribution is 2.50. The second-order valence-corrected chi connectivity index (χ2v) is 11.2. The molecule has 1 fully saturated rings. The van der Waals surface area contributed by atoms with E-state index >= 15 is 0 Å². The topological polar surface area (TPSA) is 63.6 Å². The first kappa shape index (κ1) is 21.6. The molecule has 0 amide bonds. The van der Waals surface area contributed by atoms with Gasteiger partial charge < -0.3 is 5.11 Å². The summed E-state index contributed by atoms with van der Waals surface area (Å²) in [5.74, 6) is 0.226. The monoisotopic (exact) mass is 414 g/mol. The van der Waals surface area contributed by atoms with Gasteiger partial charge in [-0.25, -0.2) is 0 Å². The fourth-order valence-corrected chi connectivity index (χ4v) is 5.56. The SMILES string of the molecule is COS(=O)(=O)c1ccc(C(=C2CC(C)(C)CC(C)(C)C2)c2ccc(O)cc2)cc1. The van der Waals surface area contributed by atoms with Crippen molar-refractivity contribution in [2.24, 2.45) is 10.8 Å². The summed E-state index contributed by atoms with van der Waals surface area (Å²) < 4.78 is 28.6. The Labute approximate surface area is 174 Å². The van der Waals surface area contributed by atoms with E-state index in [4.69, 9.17) is 0 Å². The Morgan fingerprint density at radius 1 is 0.862 bits per heavy atom. The third kappa shape index (κ3) is 4.90. The highest BCUT2D eigenvalue weighted by Gasteiger charge is 2.37. The number of phenolic OH excluding ortho intramolecular Hbond substituents is 1. The maximum absolute atomic E-state index is 12.0. The van der Waals surface area contributed by atoms with Crippen LogP contribution in [0, 0.1) is 10.8 Å². The number of allylic oxidation sites excluding steroid dienone is 1. The van der Waals surface area contributed by atoms with Gasteiger partial charge in [-0.3, -0.25) is 4.18 Å². The summed E-state index contributed by atoms with van der Waals surface area (Å²) >= 11 is 0.